The third-order valence-electron chi connectivity index (χ3n) is 7.84. The second-order valence-corrected chi connectivity index (χ2v) is 12.8. The molecule has 3 aromatic rings. The summed E-state index contributed by atoms with van der Waals surface area (Å²) in [6.45, 7) is 3.70. The molecular weight excluding hydrogens is 626 g/mol. The summed E-state index contributed by atoms with van der Waals surface area (Å²) in [7, 11) is -0.656. The number of nitrogens with zero attached hydrogens (tertiary/aromatic N) is 6. The first kappa shape index (κ1) is 34.3. The van der Waals surface area contributed by atoms with Gasteiger partial charge in [0.15, 0.2) is 0 Å². The van der Waals surface area contributed by atoms with E-state index in [4.69, 9.17) is 19.8 Å². The minimum absolute atomic E-state index is 0.00617. The molecule has 0 radical (unpaired) electrons. The highest BCUT2D eigenvalue weighted by molar-refractivity contribution is 7.89. The van der Waals surface area contributed by atoms with Crippen LogP contribution in [0.4, 0.5) is 0 Å². The summed E-state index contributed by atoms with van der Waals surface area (Å²) in [6.07, 6.45) is 2.99. The monoisotopic (exact) mass is 664 g/mol. The maximum absolute atomic E-state index is 13.8. The normalized spacial score (nSPS) is 15.3. The van der Waals surface area contributed by atoms with Crippen LogP contribution in [0.25, 0.3) is 22.4 Å². The van der Waals surface area contributed by atoms with Crippen molar-refractivity contribution in [2.24, 2.45) is 18.0 Å². The number of aromatic nitrogens is 3. The number of benzene rings is 1. The third-order valence-corrected chi connectivity index (χ3v) is 9.73. The number of sulfonamides is 1. The molecule has 1 saturated heterocycles. The lowest BCUT2D eigenvalue weighted by Crippen LogP contribution is -2.43. The molecule has 0 amide bonds. The van der Waals surface area contributed by atoms with Gasteiger partial charge in [-0.25, -0.2) is 18.6 Å². The quantitative estimate of drug-likeness (QED) is 0.137. The smallest absolute Gasteiger partial charge is 0.475 e. The van der Waals surface area contributed by atoms with Crippen LogP contribution < -0.4 is 10.3 Å². The Morgan fingerprint density at radius 2 is 1.96 bits per heavy atom. The maximum Gasteiger partial charge on any atom is 0.475 e. The van der Waals surface area contributed by atoms with Crippen LogP contribution in [0, 0.1) is 20.9 Å². The van der Waals surface area contributed by atoms with Crippen molar-refractivity contribution in [1.29, 1.82) is 0 Å². The van der Waals surface area contributed by atoms with Crippen molar-refractivity contribution < 1.29 is 38.2 Å². The SMILES string of the molecule is CCCOc1ccc(S(=O)(=O)N2CCC([C@H](CO[N+](=O)[O-])O[N+](=O)O)CC2)cc1-c1nc2c(CCC)c(C=NC)n(C)c2c(=O)[nH]1. The van der Waals surface area contributed by atoms with Crippen LogP contribution in [-0.2, 0) is 33.2 Å². The Labute approximate surface area is 264 Å². The molecule has 0 unspecified atom stereocenters. The van der Waals surface area contributed by atoms with Gasteiger partial charge in [0.05, 0.1) is 22.8 Å². The Kier molecular flexibility index (Phi) is 10.9. The lowest BCUT2D eigenvalue weighted by Gasteiger charge is -2.32. The second-order valence-electron chi connectivity index (χ2n) is 10.8. The van der Waals surface area contributed by atoms with Gasteiger partial charge in [0.1, 0.15) is 34.1 Å². The van der Waals surface area contributed by atoms with Gasteiger partial charge in [-0.1, -0.05) is 20.3 Å². The Hall–Kier alpha value is -4.58. The molecule has 3 heterocycles. The van der Waals surface area contributed by atoms with E-state index in [-0.39, 0.29) is 36.7 Å². The number of nitrogens with one attached hydrogen (secondary N) is 1. The number of piperidine rings is 1. The summed E-state index contributed by atoms with van der Waals surface area (Å²) in [4.78, 5) is 55.9. The van der Waals surface area contributed by atoms with E-state index in [1.54, 1.807) is 24.9 Å². The number of hydrogen-bond donors (Lipinski definition) is 2. The molecule has 0 spiro atoms. The van der Waals surface area contributed by atoms with E-state index in [1.165, 1.54) is 22.5 Å². The summed E-state index contributed by atoms with van der Waals surface area (Å²) in [5.41, 5.74) is 2.38. The highest BCUT2D eigenvalue weighted by Gasteiger charge is 2.37. The van der Waals surface area contributed by atoms with Crippen LogP contribution in [0.2, 0.25) is 0 Å². The molecule has 4 rings (SSSR count). The van der Waals surface area contributed by atoms with Crippen LogP contribution in [0.3, 0.4) is 0 Å². The Morgan fingerprint density at radius 3 is 2.57 bits per heavy atom. The molecule has 1 aromatic carbocycles. The van der Waals surface area contributed by atoms with Gasteiger partial charge in [-0.2, -0.15) is 9.14 Å². The van der Waals surface area contributed by atoms with Crippen LogP contribution in [0.15, 0.2) is 32.9 Å². The maximum atomic E-state index is 13.8. The third kappa shape index (κ3) is 7.28. The van der Waals surface area contributed by atoms with E-state index in [0.717, 1.165) is 17.7 Å². The van der Waals surface area contributed by atoms with E-state index in [9.17, 15) is 28.2 Å². The fourth-order valence-electron chi connectivity index (χ4n) is 5.68. The minimum atomic E-state index is -4.07. The number of ether oxygens (including phenoxy) is 1. The summed E-state index contributed by atoms with van der Waals surface area (Å²) in [5, 5.41) is 17.8. The summed E-state index contributed by atoms with van der Waals surface area (Å²) >= 11 is 0. The molecule has 2 aromatic heterocycles. The topological polar surface area (TPSA) is 212 Å². The van der Waals surface area contributed by atoms with Crippen LogP contribution in [-0.4, -0.2) is 88.3 Å². The highest BCUT2D eigenvalue weighted by atomic mass is 32.2. The van der Waals surface area contributed by atoms with Gasteiger partial charge in [0.2, 0.25) is 16.1 Å². The first-order valence-electron chi connectivity index (χ1n) is 14.8. The van der Waals surface area contributed by atoms with Gasteiger partial charge < -0.3 is 19.1 Å². The average Bonchev–Trinajstić information content (AvgIpc) is 3.28. The van der Waals surface area contributed by atoms with Gasteiger partial charge in [-0.3, -0.25) is 9.79 Å². The zero-order valence-electron chi connectivity index (χ0n) is 26.0. The lowest BCUT2D eigenvalue weighted by atomic mass is 9.92. The molecule has 1 aliphatic rings. The molecule has 0 aliphatic carbocycles. The fourth-order valence-corrected chi connectivity index (χ4v) is 7.17. The summed E-state index contributed by atoms with van der Waals surface area (Å²) in [6, 6.07) is 4.38. The second kappa shape index (κ2) is 14.7. The first-order chi connectivity index (χ1) is 21.9. The van der Waals surface area contributed by atoms with Crippen LogP contribution in [0.5, 0.6) is 5.75 Å². The van der Waals surface area contributed by atoms with Crippen molar-refractivity contribution in [1.82, 2.24) is 18.8 Å². The van der Waals surface area contributed by atoms with E-state index < -0.39 is 44.4 Å². The van der Waals surface area contributed by atoms with E-state index in [2.05, 4.69) is 14.8 Å². The predicted octanol–water partition coefficient (Wildman–Crippen LogP) is 2.80. The van der Waals surface area contributed by atoms with Crippen molar-refractivity contribution in [3.63, 3.8) is 0 Å². The van der Waals surface area contributed by atoms with Gasteiger partial charge in [-0.15, -0.1) is 10.1 Å². The van der Waals surface area contributed by atoms with Crippen molar-refractivity contribution in [3.8, 4) is 17.1 Å². The van der Waals surface area contributed by atoms with Crippen molar-refractivity contribution in [3.05, 3.63) is 54.8 Å². The first-order valence-corrected chi connectivity index (χ1v) is 16.3. The highest BCUT2D eigenvalue weighted by Crippen LogP contribution is 2.34. The molecule has 2 N–H and O–H groups in total. The van der Waals surface area contributed by atoms with Crippen LogP contribution in [0.1, 0.15) is 50.8 Å². The number of rotatable bonds is 15. The Morgan fingerprint density at radius 1 is 1.24 bits per heavy atom. The molecule has 18 heteroatoms. The lowest BCUT2D eigenvalue weighted by molar-refractivity contribution is -0.984. The van der Waals surface area contributed by atoms with Gasteiger partial charge >= 0.3 is 5.09 Å². The molecule has 0 bridgehead atoms. The number of aryl methyl sites for hydroxylation is 2. The summed E-state index contributed by atoms with van der Waals surface area (Å²) < 4.78 is 36.6. The Balaban J connectivity index is 1.71. The molecule has 250 valence electrons. The van der Waals surface area contributed by atoms with E-state index in [0.29, 0.717) is 41.8 Å². The zero-order valence-corrected chi connectivity index (χ0v) is 26.9. The van der Waals surface area contributed by atoms with Crippen molar-refractivity contribution in [2.75, 3.05) is 33.4 Å². The van der Waals surface area contributed by atoms with Gasteiger partial charge in [-0.05, 0) is 43.9 Å². The standard InChI is InChI=1S/C28H37N7O10S/c1-5-7-20-22(16-29-3)32(4)26-25(20)30-27(31-28(26)36)21-15-19(8-9-23(21)43-14-6-2)46(41,42)33-12-10-18(11-13-33)24(45-35(39)40)17-44-34(37)38/h8-9,15-16,18,24H,5-7,10-14,17H2,1-4H3,(H-,30,31,36,39,40)/p+1/t24-/m0/s1. The molecule has 0 saturated carbocycles. The Bertz CT molecular complexity index is 1780. The number of H-pyrrole nitrogens is 1. The van der Waals surface area contributed by atoms with Crippen molar-refractivity contribution in [2.45, 2.75) is 57.0 Å². The number of aromatic amines is 1. The van der Waals surface area contributed by atoms with Gasteiger partial charge in [0, 0.05) is 44.9 Å². The fraction of sp³-hybridized carbons (Fsp3) is 0.536. The molecule has 46 heavy (non-hydrogen) atoms. The number of fused-ring (bicyclic) bond motifs is 1. The molecular formula is C28H38N7O10S+. The van der Waals surface area contributed by atoms with Crippen LogP contribution >= 0.6 is 0 Å². The average molecular weight is 665 g/mol. The molecule has 1 fully saturated rings. The molecule has 1 aliphatic heterocycles. The van der Waals surface area contributed by atoms with Gasteiger partial charge in [0.25, 0.3) is 10.6 Å². The van der Waals surface area contributed by atoms with E-state index >= 15 is 0 Å². The summed E-state index contributed by atoms with van der Waals surface area (Å²) in [5.74, 6) is -0.0104. The predicted molar refractivity (Wildman–Crippen MR) is 165 cm³/mol. The number of hydrogen-bond acceptors (Lipinski definition) is 11. The molecule has 17 nitrogen and oxygen atoms in total. The largest absolute Gasteiger partial charge is 0.493 e. The number of aliphatic imine (C=N–C) groups is 1. The van der Waals surface area contributed by atoms with E-state index in [1.807, 2.05) is 13.8 Å². The van der Waals surface area contributed by atoms with Crippen molar-refractivity contribution >= 4 is 27.3 Å². The minimum Gasteiger partial charge on any atom is -0.493 e. The zero-order chi connectivity index (χ0) is 33.6. The molecule has 1 atom stereocenters.